The molecule has 0 saturated heterocycles. The van der Waals surface area contributed by atoms with Crippen LogP contribution in [-0.2, 0) is 4.79 Å². The lowest BCUT2D eigenvalue weighted by Gasteiger charge is -2.24. The summed E-state index contributed by atoms with van der Waals surface area (Å²) in [6.07, 6.45) is 0.342. The number of carbonyl (C=O) groups is 1. The first-order valence-corrected chi connectivity index (χ1v) is 8.46. The second kappa shape index (κ2) is 5.76. The summed E-state index contributed by atoms with van der Waals surface area (Å²) in [5.41, 5.74) is 2.86. The van der Waals surface area contributed by atoms with Crippen LogP contribution < -0.4 is 5.32 Å². The lowest BCUT2D eigenvalue weighted by molar-refractivity contribution is -0.116. The Kier molecular flexibility index (Phi) is 3.58. The van der Waals surface area contributed by atoms with Gasteiger partial charge in [-0.15, -0.1) is 11.3 Å². The summed E-state index contributed by atoms with van der Waals surface area (Å²) in [5.74, 6) is -0.284. The van der Waals surface area contributed by atoms with Crippen LogP contribution in [0.15, 0.2) is 53.9 Å². The molecular weight excluding hydrogens is 325 g/mol. The maximum Gasteiger partial charge on any atom is 0.225 e. The number of carbonyl (C=O) groups excluding carboxylic acids is 1. The second-order valence-electron chi connectivity index (χ2n) is 5.76. The molecule has 0 saturated carbocycles. The number of aromatic hydroxyl groups is 1. The van der Waals surface area contributed by atoms with Crippen LogP contribution in [0.1, 0.15) is 22.8 Å². The number of hydrogen-bond donors (Lipinski definition) is 2. The monoisotopic (exact) mass is 339 g/mol. The van der Waals surface area contributed by atoms with Crippen molar-refractivity contribution in [3.8, 4) is 16.9 Å². The molecule has 24 heavy (non-hydrogen) atoms. The Morgan fingerprint density at radius 2 is 1.83 bits per heavy atom. The highest BCUT2D eigenvalue weighted by molar-refractivity contribution is 7.11. The normalized spacial score (nSPS) is 16.5. The number of amides is 1. The van der Waals surface area contributed by atoms with Gasteiger partial charge in [-0.25, -0.2) is 4.39 Å². The lowest BCUT2D eigenvalue weighted by atomic mass is 9.89. The summed E-state index contributed by atoms with van der Waals surface area (Å²) in [6.45, 7) is 0. The van der Waals surface area contributed by atoms with Gasteiger partial charge in [0.1, 0.15) is 11.6 Å². The molecule has 2 N–H and O–H groups in total. The molecule has 5 heteroatoms. The zero-order chi connectivity index (χ0) is 16.7. The molecule has 120 valence electrons. The number of fused-ring (bicyclic) bond motifs is 1. The third-order valence-corrected chi connectivity index (χ3v) is 5.35. The third-order valence-electron chi connectivity index (χ3n) is 4.25. The molecule has 0 bridgehead atoms. The Bertz CT molecular complexity index is 917. The topological polar surface area (TPSA) is 49.3 Å². The maximum atomic E-state index is 14.1. The number of benzene rings is 2. The highest BCUT2D eigenvalue weighted by Crippen LogP contribution is 2.47. The van der Waals surface area contributed by atoms with Crippen molar-refractivity contribution in [3.63, 3.8) is 0 Å². The van der Waals surface area contributed by atoms with Crippen LogP contribution in [0.5, 0.6) is 5.75 Å². The molecule has 2 aromatic carbocycles. The summed E-state index contributed by atoms with van der Waals surface area (Å²) < 4.78 is 14.1. The molecule has 1 aliphatic rings. The fourth-order valence-corrected chi connectivity index (χ4v) is 4.23. The SMILES string of the molecule is O=C1C[C@@H](c2ccc(O)cc2)c2scc(-c3ccccc3F)c2N1. The number of phenolic OH excluding ortho intramolecular Hbond substituents is 1. The fraction of sp³-hybridized carbons (Fsp3) is 0.105. The Morgan fingerprint density at radius 1 is 1.08 bits per heavy atom. The highest BCUT2D eigenvalue weighted by atomic mass is 32.1. The Balaban J connectivity index is 1.83. The van der Waals surface area contributed by atoms with Crippen molar-refractivity contribution in [2.75, 3.05) is 5.32 Å². The van der Waals surface area contributed by atoms with E-state index in [4.69, 9.17) is 0 Å². The lowest BCUT2D eigenvalue weighted by Crippen LogP contribution is -2.22. The smallest absolute Gasteiger partial charge is 0.225 e. The summed E-state index contributed by atoms with van der Waals surface area (Å²) in [6, 6.07) is 13.4. The number of hydrogen-bond acceptors (Lipinski definition) is 3. The van der Waals surface area contributed by atoms with Crippen LogP contribution in [0.25, 0.3) is 11.1 Å². The van der Waals surface area contributed by atoms with Gasteiger partial charge in [0.15, 0.2) is 0 Å². The standard InChI is InChI=1S/C19H14FNO2S/c20-16-4-2-1-3-13(16)15-10-24-19-14(9-17(23)21-18(15)19)11-5-7-12(22)8-6-11/h1-8,10,14,22H,9H2,(H,21,23)/t14-/m0/s1. The van der Waals surface area contributed by atoms with Gasteiger partial charge in [-0.05, 0) is 23.8 Å². The minimum Gasteiger partial charge on any atom is -0.508 e. The summed E-state index contributed by atoms with van der Waals surface area (Å²) in [5, 5.41) is 14.3. The summed E-state index contributed by atoms with van der Waals surface area (Å²) in [4.78, 5) is 13.2. The van der Waals surface area contributed by atoms with E-state index < -0.39 is 0 Å². The number of anilines is 1. The predicted octanol–water partition coefficient (Wildman–Crippen LogP) is 4.73. The average molecular weight is 339 g/mol. The highest BCUT2D eigenvalue weighted by Gasteiger charge is 2.30. The zero-order valence-corrected chi connectivity index (χ0v) is 13.4. The second-order valence-corrected chi connectivity index (χ2v) is 6.68. The van der Waals surface area contributed by atoms with Gasteiger partial charge in [0.2, 0.25) is 5.91 Å². The summed E-state index contributed by atoms with van der Waals surface area (Å²) in [7, 11) is 0. The molecule has 0 radical (unpaired) electrons. The van der Waals surface area contributed by atoms with Crippen molar-refractivity contribution in [1.82, 2.24) is 0 Å². The average Bonchev–Trinajstić information content (AvgIpc) is 2.99. The van der Waals surface area contributed by atoms with Gasteiger partial charge >= 0.3 is 0 Å². The summed E-state index contributed by atoms with van der Waals surface area (Å²) >= 11 is 1.52. The molecule has 1 atom stereocenters. The van der Waals surface area contributed by atoms with Crippen LogP contribution in [0, 0.1) is 5.82 Å². The molecule has 2 heterocycles. The maximum absolute atomic E-state index is 14.1. The van der Waals surface area contributed by atoms with E-state index in [1.165, 1.54) is 17.4 Å². The van der Waals surface area contributed by atoms with Gasteiger partial charge in [0.05, 0.1) is 5.69 Å². The van der Waals surface area contributed by atoms with Gasteiger partial charge in [0, 0.05) is 33.7 Å². The van der Waals surface area contributed by atoms with Crippen LogP contribution >= 0.6 is 11.3 Å². The van der Waals surface area contributed by atoms with Crippen LogP contribution in [0.4, 0.5) is 10.1 Å². The van der Waals surface area contributed by atoms with Crippen molar-refractivity contribution < 1.29 is 14.3 Å². The number of rotatable bonds is 2. The third kappa shape index (κ3) is 2.47. The fourth-order valence-electron chi connectivity index (χ4n) is 3.08. The first kappa shape index (κ1) is 14.9. The van der Waals surface area contributed by atoms with Crippen molar-refractivity contribution in [2.24, 2.45) is 0 Å². The Hall–Kier alpha value is -2.66. The van der Waals surface area contributed by atoms with E-state index in [0.29, 0.717) is 23.2 Å². The molecule has 3 aromatic rings. The van der Waals surface area contributed by atoms with Crippen molar-refractivity contribution in [2.45, 2.75) is 12.3 Å². The van der Waals surface area contributed by atoms with Crippen molar-refractivity contribution in [1.29, 1.82) is 0 Å². The molecule has 1 aliphatic heterocycles. The Morgan fingerprint density at radius 3 is 2.58 bits per heavy atom. The van der Waals surface area contributed by atoms with Gasteiger partial charge in [-0.1, -0.05) is 30.3 Å². The van der Waals surface area contributed by atoms with Crippen LogP contribution in [-0.4, -0.2) is 11.0 Å². The number of thiophene rings is 1. The van der Waals surface area contributed by atoms with Gasteiger partial charge in [-0.2, -0.15) is 0 Å². The first-order chi connectivity index (χ1) is 11.6. The van der Waals surface area contributed by atoms with Crippen LogP contribution in [0.2, 0.25) is 0 Å². The minimum absolute atomic E-state index is 0.0835. The zero-order valence-electron chi connectivity index (χ0n) is 12.6. The van der Waals surface area contributed by atoms with Gasteiger partial charge in [0.25, 0.3) is 0 Å². The predicted molar refractivity (Wildman–Crippen MR) is 92.9 cm³/mol. The molecule has 4 rings (SSSR count). The molecular formula is C19H14FNO2S. The van der Waals surface area contributed by atoms with Gasteiger partial charge < -0.3 is 10.4 Å². The number of nitrogens with one attached hydrogen (secondary N) is 1. The van der Waals surface area contributed by atoms with E-state index in [1.807, 2.05) is 17.5 Å². The minimum atomic E-state index is -0.306. The largest absolute Gasteiger partial charge is 0.508 e. The van der Waals surface area contributed by atoms with E-state index >= 15 is 0 Å². The van der Waals surface area contributed by atoms with Crippen LogP contribution in [0.3, 0.4) is 0 Å². The number of phenols is 1. The molecule has 0 unspecified atom stereocenters. The van der Waals surface area contributed by atoms with Gasteiger partial charge in [-0.3, -0.25) is 4.79 Å². The first-order valence-electron chi connectivity index (χ1n) is 7.58. The molecule has 1 aromatic heterocycles. The molecule has 1 amide bonds. The molecule has 0 spiro atoms. The van der Waals surface area contributed by atoms with E-state index in [0.717, 1.165) is 10.4 Å². The molecule has 0 aliphatic carbocycles. The van der Waals surface area contributed by atoms with Crippen molar-refractivity contribution >= 4 is 22.9 Å². The quantitative estimate of drug-likeness (QED) is 0.709. The van der Waals surface area contributed by atoms with Crippen molar-refractivity contribution in [3.05, 3.63) is 70.2 Å². The Labute approximate surface area is 142 Å². The molecule has 3 nitrogen and oxygen atoms in total. The van der Waals surface area contributed by atoms with E-state index in [2.05, 4.69) is 5.32 Å². The van der Waals surface area contributed by atoms with E-state index in [1.54, 1.807) is 30.3 Å². The van der Waals surface area contributed by atoms with E-state index in [-0.39, 0.29) is 23.4 Å². The number of halogens is 1. The molecule has 0 fully saturated rings. The van der Waals surface area contributed by atoms with E-state index in [9.17, 15) is 14.3 Å².